The van der Waals surface area contributed by atoms with Gasteiger partial charge in [0.15, 0.2) is 0 Å². The van der Waals surface area contributed by atoms with E-state index in [9.17, 15) is 10.1 Å². The van der Waals surface area contributed by atoms with Crippen LogP contribution in [0.3, 0.4) is 0 Å². The molecule has 1 aliphatic carbocycles. The van der Waals surface area contributed by atoms with Crippen LogP contribution in [0.1, 0.15) is 22.3 Å². The van der Waals surface area contributed by atoms with Crippen molar-refractivity contribution in [3.63, 3.8) is 0 Å². The molecule has 27 heavy (non-hydrogen) atoms. The molecule has 4 aromatic carbocycles. The van der Waals surface area contributed by atoms with Crippen molar-refractivity contribution < 1.29 is 4.92 Å². The van der Waals surface area contributed by atoms with Gasteiger partial charge in [0.1, 0.15) is 0 Å². The highest BCUT2D eigenvalue weighted by atomic mass is 16.6. The number of non-ortho nitro benzene ring substituents is 1. The third-order valence-electron chi connectivity index (χ3n) is 5.04. The zero-order valence-corrected chi connectivity index (χ0v) is 14.4. The molecule has 0 fully saturated rings. The maximum atomic E-state index is 11.0. The molecule has 3 nitrogen and oxygen atoms in total. The van der Waals surface area contributed by atoms with E-state index in [0.29, 0.717) is 0 Å². The second-order valence-corrected chi connectivity index (χ2v) is 6.66. The summed E-state index contributed by atoms with van der Waals surface area (Å²) >= 11 is 0. The van der Waals surface area contributed by atoms with Crippen LogP contribution < -0.4 is 0 Å². The van der Waals surface area contributed by atoms with Crippen molar-refractivity contribution >= 4 is 27.6 Å². The number of benzene rings is 4. The molecule has 0 unspecified atom stereocenters. The predicted octanol–water partition coefficient (Wildman–Crippen LogP) is 6.07. The molecule has 0 atom stereocenters. The maximum absolute atomic E-state index is 11.0. The number of nitro groups is 1. The lowest BCUT2D eigenvalue weighted by Crippen LogP contribution is -1.91. The number of nitro benzene ring substituents is 1. The van der Waals surface area contributed by atoms with Crippen LogP contribution in [0.4, 0.5) is 5.69 Å². The van der Waals surface area contributed by atoms with Crippen molar-refractivity contribution in [2.24, 2.45) is 0 Å². The second kappa shape index (κ2) is 5.92. The standard InChI is InChI=1S/C24H15NO2/c26-25(27)20-12-10-17(11-13-20)23(16-6-2-1-3-7-16)24-21-14-18-8-4-5-9-19(18)15-22(21)24/h1-15H. The molecule has 0 amide bonds. The van der Waals surface area contributed by atoms with Gasteiger partial charge in [-0.25, -0.2) is 0 Å². The van der Waals surface area contributed by atoms with E-state index in [4.69, 9.17) is 0 Å². The molecule has 0 heterocycles. The fourth-order valence-corrected chi connectivity index (χ4v) is 3.68. The van der Waals surface area contributed by atoms with Crippen molar-refractivity contribution in [1.82, 2.24) is 0 Å². The van der Waals surface area contributed by atoms with Crippen LogP contribution in [0.2, 0.25) is 0 Å². The van der Waals surface area contributed by atoms with Gasteiger partial charge in [-0.15, -0.1) is 0 Å². The Labute approximate surface area is 156 Å². The predicted molar refractivity (Wildman–Crippen MR) is 109 cm³/mol. The van der Waals surface area contributed by atoms with Gasteiger partial charge < -0.3 is 0 Å². The average molecular weight is 349 g/mol. The second-order valence-electron chi connectivity index (χ2n) is 6.66. The van der Waals surface area contributed by atoms with Crippen molar-refractivity contribution in [2.75, 3.05) is 0 Å². The summed E-state index contributed by atoms with van der Waals surface area (Å²) in [5, 5.41) is 13.5. The van der Waals surface area contributed by atoms with Gasteiger partial charge in [0.25, 0.3) is 5.69 Å². The Morgan fingerprint density at radius 3 is 1.74 bits per heavy atom. The lowest BCUT2D eigenvalue weighted by Gasteiger charge is -2.08. The summed E-state index contributed by atoms with van der Waals surface area (Å²) in [6.45, 7) is 0. The Kier molecular flexibility index (Phi) is 3.41. The van der Waals surface area contributed by atoms with Crippen molar-refractivity contribution in [3.05, 3.63) is 123 Å². The van der Waals surface area contributed by atoms with Gasteiger partial charge in [-0.2, -0.15) is 0 Å². The van der Waals surface area contributed by atoms with Crippen LogP contribution in [0.15, 0.2) is 91.0 Å². The number of hydrogen-bond acceptors (Lipinski definition) is 2. The zero-order valence-electron chi connectivity index (χ0n) is 14.4. The lowest BCUT2D eigenvalue weighted by molar-refractivity contribution is -0.384. The Bertz CT molecular complexity index is 1180. The van der Waals surface area contributed by atoms with Gasteiger partial charge in [0.2, 0.25) is 0 Å². The summed E-state index contributed by atoms with van der Waals surface area (Å²) in [5.41, 5.74) is 7.07. The Hall–Kier alpha value is -3.72. The van der Waals surface area contributed by atoms with Gasteiger partial charge in [-0.1, -0.05) is 54.6 Å². The van der Waals surface area contributed by atoms with Crippen molar-refractivity contribution in [2.45, 2.75) is 0 Å². The molecular formula is C24H15NO2. The highest BCUT2D eigenvalue weighted by molar-refractivity contribution is 6.18. The molecule has 5 rings (SSSR count). The van der Waals surface area contributed by atoms with E-state index in [0.717, 1.165) is 16.7 Å². The zero-order chi connectivity index (χ0) is 18.4. The van der Waals surface area contributed by atoms with E-state index >= 15 is 0 Å². The summed E-state index contributed by atoms with van der Waals surface area (Å²) in [5.74, 6) is 0. The van der Waals surface area contributed by atoms with Gasteiger partial charge in [0, 0.05) is 12.1 Å². The quantitative estimate of drug-likeness (QED) is 0.293. The van der Waals surface area contributed by atoms with Gasteiger partial charge in [-0.05, 0) is 68.4 Å². The Morgan fingerprint density at radius 2 is 1.19 bits per heavy atom. The van der Waals surface area contributed by atoms with E-state index in [1.165, 1.54) is 27.5 Å². The first kappa shape index (κ1) is 15.5. The summed E-state index contributed by atoms with van der Waals surface area (Å²) in [6.07, 6.45) is 0. The van der Waals surface area contributed by atoms with Gasteiger partial charge >= 0.3 is 0 Å². The number of nitrogens with zero attached hydrogens (tertiary/aromatic N) is 1. The first-order valence-corrected chi connectivity index (χ1v) is 8.80. The van der Waals surface area contributed by atoms with Crippen LogP contribution in [0.5, 0.6) is 0 Å². The number of fused-ring (bicyclic) bond motifs is 2. The third-order valence-corrected chi connectivity index (χ3v) is 5.04. The molecule has 0 spiro atoms. The average Bonchev–Trinajstić information content (AvgIpc) is 3.40. The smallest absolute Gasteiger partial charge is 0.258 e. The maximum Gasteiger partial charge on any atom is 0.269 e. The first-order valence-electron chi connectivity index (χ1n) is 8.80. The first-order chi connectivity index (χ1) is 13.2. The minimum atomic E-state index is -0.363. The topological polar surface area (TPSA) is 43.1 Å². The summed E-state index contributed by atoms with van der Waals surface area (Å²) in [4.78, 5) is 10.6. The molecule has 128 valence electrons. The molecule has 3 heteroatoms. The van der Waals surface area contributed by atoms with Crippen molar-refractivity contribution in [3.8, 4) is 0 Å². The molecule has 0 radical (unpaired) electrons. The van der Waals surface area contributed by atoms with Crippen LogP contribution in [0.25, 0.3) is 21.9 Å². The van der Waals surface area contributed by atoms with Crippen LogP contribution in [-0.2, 0) is 0 Å². The Morgan fingerprint density at radius 1 is 0.667 bits per heavy atom. The van der Waals surface area contributed by atoms with Crippen molar-refractivity contribution in [1.29, 1.82) is 0 Å². The summed E-state index contributed by atoms with van der Waals surface area (Å²) in [6, 6.07) is 29.8. The molecule has 0 aromatic heterocycles. The SMILES string of the molecule is O=[N+]([O-])c1ccc(C(=C2c3cc4ccccc4cc32)c2ccccc2)cc1. The normalized spacial score (nSPS) is 11.9. The number of hydrogen-bond donors (Lipinski definition) is 0. The van der Waals surface area contributed by atoms with E-state index in [1.807, 2.05) is 30.3 Å². The molecule has 0 saturated carbocycles. The summed E-state index contributed by atoms with van der Waals surface area (Å²) in [7, 11) is 0. The number of rotatable bonds is 3. The van der Waals surface area contributed by atoms with E-state index in [-0.39, 0.29) is 10.6 Å². The molecular weight excluding hydrogens is 334 g/mol. The van der Waals surface area contributed by atoms with E-state index < -0.39 is 0 Å². The largest absolute Gasteiger partial charge is 0.269 e. The third kappa shape index (κ3) is 2.61. The van der Waals surface area contributed by atoms with Crippen LogP contribution in [-0.4, -0.2) is 4.92 Å². The molecule has 4 aromatic rings. The van der Waals surface area contributed by atoms with E-state index in [2.05, 4.69) is 48.5 Å². The van der Waals surface area contributed by atoms with E-state index in [1.54, 1.807) is 12.1 Å². The lowest BCUT2D eigenvalue weighted by atomic mass is 9.96. The minimum absolute atomic E-state index is 0.107. The van der Waals surface area contributed by atoms with Crippen LogP contribution in [0, 0.1) is 10.1 Å². The summed E-state index contributed by atoms with van der Waals surface area (Å²) < 4.78 is 0. The van der Waals surface area contributed by atoms with Gasteiger partial charge in [-0.3, -0.25) is 10.1 Å². The molecule has 0 aliphatic heterocycles. The highest BCUT2D eigenvalue weighted by Gasteiger charge is 2.30. The fourth-order valence-electron chi connectivity index (χ4n) is 3.68. The van der Waals surface area contributed by atoms with Crippen LogP contribution >= 0.6 is 0 Å². The highest BCUT2D eigenvalue weighted by Crippen LogP contribution is 2.50. The molecule has 0 saturated heterocycles. The fraction of sp³-hybridized carbons (Fsp3) is 0. The molecule has 0 N–H and O–H groups in total. The molecule has 0 bridgehead atoms. The monoisotopic (exact) mass is 349 g/mol. The Balaban J connectivity index is 1.72. The van der Waals surface area contributed by atoms with Gasteiger partial charge in [0.05, 0.1) is 4.92 Å². The molecule has 1 aliphatic rings. The minimum Gasteiger partial charge on any atom is -0.258 e.